The highest BCUT2D eigenvalue weighted by Crippen LogP contribution is 2.33. The van der Waals surface area contributed by atoms with Gasteiger partial charge in [-0.3, -0.25) is 14.7 Å². The van der Waals surface area contributed by atoms with Gasteiger partial charge in [0.05, 0.1) is 22.3 Å². The number of aromatic nitrogens is 1. The smallest absolute Gasteiger partial charge is 0.262 e. The molecule has 0 radical (unpaired) electrons. The van der Waals surface area contributed by atoms with Crippen molar-refractivity contribution in [2.45, 2.75) is 13.0 Å². The number of nitrogens with zero attached hydrogens (tertiary/aromatic N) is 3. The molecule has 2 aromatic carbocycles. The number of benzene rings is 2. The second-order valence-corrected chi connectivity index (χ2v) is 8.72. The standard InChI is InChI=1S/C24H25ClN4O3.ClH/c1-15-2-4-17-20(6-5-18(25)24(17)26-15)29-10-8-28(9-11-29)13-21(30)16-3-7-22-19(12-16)27-23(31)14-32-22;/h2-7,12,21,30H,8-11,13-14H2,1H3,(H,27,31);1H. The number of aliphatic hydroxyl groups is 1. The molecule has 2 N–H and O–H groups in total. The van der Waals surface area contributed by atoms with Crippen LogP contribution in [0.3, 0.4) is 0 Å². The van der Waals surface area contributed by atoms with Gasteiger partial charge in [0.2, 0.25) is 0 Å². The number of nitrogens with one attached hydrogen (secondary N) is 1. The van der Waals surface area contributed by atoms with Crippen molar-refractivity contribution in [1.29, 1.82) is 0 Å². The summed E-state index contributed by atoms with van der Waals surface area (Å²) >= 11 is 6.38. The zero-order valence-corrected chi connectivity index (χ0v) is 19.8. The van der Waals surface area contributed by atoms with E-state index in [1.54, 1.807) is 12.1 Å². The molecule has 3 aromatic rings. The maximum Gasteiger partial charge on any atom is 0.262 e. The number of halogens is 2. The lowest BCUT2D eigenvalue weighted by Gasteiger charge is -2.37. The van der Waals surface area contributed by atoms with Gasteiger partial charge in [0.1, 0.15) is 5.75 Å². The third kappa shape index (κ3) is 4.87. The molecule has 0 spiro atoms. The molecule has 2 aliphatic heterocycles. The first-order valence-corrected chi connectivity index (χ1v) is 11.1. The number of amides is 1. The van der Waals surface area contributed by atoms with E-state index >= 15 is 0 Å². The number of carbonyl (C=O) groups excluding carboxylic acids is 1. The fraction of sp³-hybridized carbons (Fsp3) is 0.333. The molecule has 174 valence electrons. The first-order chi connectivity index (χ1) is 15.5. The van der Waals surface area contributed by atoms with E-state index in [0.29, 0.717) is 23.0 Å². The van der Waals surface area contributed by atoms with Crippen molar-refractivity contribution in [3.8, 4) is 5.75 Å². The highest BCUT2D eigenvalue weighted by atomic mass is 35.5. The van der Waals surface area contributed by atoms with E-state index < -0.39 is 6.10 Å². The van der Waals surface area contributed by atoms with Crippen molar-refractivity contribution >= 4 is 52.2 Å². The summed E-state index contributed by atoms with van der Waals surface area (Å²) in [6.45, 7) is 5.91. The zero-order valence-electron chi connectivity index (χ0n) is 18.3. The zero-order chi connectivity index (χ0) is 22.2. The van der Waals surface area contributed by atoms with E-state index in [1.165, 1.54) is 0 Å². The molecular weight excluding hydrogens is 463 g/mol. The molecule has 1 atom stereocenters. The largest absolute Gasteiger partial charge is 0.482 e. The van der Waals surface area contributed by atoms with Crippen LogP contribution in [-0.4, -0.2) is 60.2 Å². The van der Waals surface area contributed by atoms with Crippen LogP contribution in [0, 0.1) is 6.92 Å². The topological polar surface area (TPSA) is 77.9 Å². The molecular formula is C24H26Cl2N4O3. The van der Waals surface area contributed by atoms with Gasteiger partial charge in [0, 0.05) is 49.5 Å². The number of β-amino-alcohol motifs (C(OH)–C–C–N with tert-alkyl or cyclic N) is 1. The van der Waals surface area contributed by atoms with Crippen molar-refractivity contribution in [3.05, 3.63) is 58.7 Å². The molecule has 0 saturated carbocycles. The third-order valence-electron chi connectivity index (χ3n) is 6.09. The summed E-state index contributed by atoms with van der Waals surface area (Å²) in [7, 11) is 0. The normalized spacial score (nSPS) is 17.1. The Kier molecular flexibility index (Phi) is 6.95. The Balaban J connectivity index is 0.00000259. The predicted octanol–water partition coefficient (Wildman–Crippen LogP) is 3.80. The SMILES string of the molecule is Cc1ccc2c(N3CCN(CC(O)c4ccc5c(c4)NC(=O)CO5)CC3)ccc(Cl)c2n1.Cl. The van der Waals surface area contributed by atoms with Crippen LogP contribution in [0.25, 0.3) is 10.9 Å². The summed E-state index contributed by atoms with van der Waals surface area (Å²) < 4.78 is 5.40. The predicted molar refractivity (Wildman–Crippen MR) is 133 cm³/mol. The third-order valence-corrected chi connectivity index (χ3v) is 6.39. The number of aliphatic hydroxyl groups excluding tert-OH is 1. The van der Waals surface area contributed by atoms with Crippen molar-refractivity contribution in [2.75, 3.05) is 49.5 Å². The molecule has 1 amide bonds. The number of ether oxygens (including phenoxy) is 1. The molecule has 0 aliphatic carbocycles. The molecule has 0 bridgehead atoms. The lowest BCUT2D eigenvalue weighted by molar-refractivity contribution is -0.118. The van der Waals surface area contributed by atoms with Crippen LogP contribution in [0.1, 0.15) is 17.4 Å². The average molecular weight is 489 g/mol. The van der Waals surface area contributed by atoms with E-state index in [9.17, 15) is 9.90 Å². The first kappa shape index (κ1) is 23.6. The lowest BCUT2D eigenvalue weighted by Crippen LogP contribution is -2.47. The molecule has 1 fully saturated rings. The summed E-state index contributed by atoms with van der Waals surface area (Å²) in [5.74, 6) is 0.453. The second kappa shape index (κ2) is 9.73. The highest BCUT2D eigenvalue weighted by molar-refractivity contribution is 6.35. The van der Waals surface area contributed by atoms with Gasteiger partial charge < -0.3 is 20.1 Å². The Morgan fingerprint density at radius 1 is 1.15 bits per heavy atom. The van der Waals surface area contributed by atoms with Crippen molar-refractivity contribution in [3.63, 3.8) is 0 Å². The van der Waals surface area contributed by atoms with E-state index in [-0.39, 0.29) is 24.9 Å². The van der Waals surface area contributed by atoms with Crippen molar-refractivity contribution in [1.82, 2.24) is 9.88 Å². The number of anilines is 2. The molecule has 33 heavy (non-hydrogen) atoms. The molecule has 1 aromatic heterocycles. The minimum atomic E-state index is -0.644. The minimum Gasteiger partial charge on any atom is -0.482 e. The van der Waals surface area contributed by atoms with Crippen molar-refractivity contribution < 1.29 is 14.6 Å². The van der Waals surface area contributed by atoms with Gasteiger partial charge in [0.25, 0.3) is 5.91 Å². The summed E-state index contributed by atoms with van der Waals surface area (Å²) in [6.07, 6.45) is -0.644. The van der Waals surface area contributed by atoms with E-state index in [0.717, 1.165) is 54.0 Å². The van der Waals surface area contributed by atoms with Gasteiger partial charge in [0.15, 0.2) is 6.61 Å². The molecule has 9 heteroatoms. The van der Waals surface area contributed by atoms with Gasteiger partial charge in [-0.2, -0.15) is 0 Å². The Bertz CT molecular complexity index is 1180. The Morgan fingerprint density at radius 2 is 1.94 bits per heavy atom. The highest BCUT2D eigenvalue weighted by Gasteiger charge is 2.23. The Morgan fingerprint density at radius 3 is 2.73 bits per heavy atom. The van der Waals surface area contributed by atoms with Crippen LogP contribution < -0.4 is 15.0 Å². The molecule has 5 rings (SSSR count). The molecule has 3 heterocycles. The Hall–Kier alpha value is -2.58. The minimum absolute atomic E-state index is 0. The quantitative estimate of drug-likeness (QED) is 0.581. The summed E-state index contributed by atoms with van der Waals surface area (Å²) in [4.78, 5) is 20.8. The summed E-state index contributed by atoms with van der Waals surface area (Å²) in [6, 6.07) is 13.5. The van der Waals surface area contributed by atoms with Crippen molar-refractivity contribution in [2.24, 2.45) is 0 Å². The maximum atomic E-state index is 11.6. The van der Waals surface area contributed by atoms with Gasteiger partial charge in [-0.15, -0.1) is 12.4 Å². The molecule has 7 nitrogen and oxygen atoms in total. The van der Waals surface area contributed by atoms with E-state index in [4.69, 9.17) is 16.3 Å². The van der Waals surface area contributed by atoms with Crippen LogP contribution in [0.4, 0.5) is 11.4 Å². The fourth-order valence-corrected chi connectivity index (χ4v) is 4.58. The second-order valence-electron chi connectivity index (χ2n) is 8.31. The van der Waals surface area contributed by atoms with Gasteiger partial charge in [-0.25, -0.2) is 0 Å². The average Bonchev–Trinajstić information content (AvgIpc) is 2.80. The molecule has 1 unspecified atom stereocenters. The van der Waals surface area contributed by atoms with E-state index in [2.05, 4.69) is 32.2 Å². The lowest BCUT2D eigenvalue weighted by atomic mass is 10.1. The fourth-order valence-electron chi connectivity index (χ4n) is 4.37. The molecule has 2 aliphatic rings. The number of carbonyl (C=O) groups is 1. The monoisotopic (exact) mass is 488 g/mol. The number of hydrogen-bond donors (Lipinski definition) is 2. The Labute approximate surface area is 203 Å². The van der Waals surface area contributed by atoms with Crippen LogP contribution in [0.5, 0.6) is 5.75 Å². The first-order valence-electron chi connectivity index (χ1n) is 10.8. The number of pyridine rings is 1. The van der Waals surface area contributed by atoms with Crippen LogP contribution >= 0.6 is 24.0 Å². The van der Waals surface area contributed by atoms with Gasteiger partial charge in [-0.05, 0) is 48.9 Å². The number of piperazine rings is 1. The van der Waals surface area contributed by atoms with Crippen LogP contribution in [-0.2, 0) is 4.79 Å². The maximum absolute atomic E-state index is 11.6. The summed E-state index contributed by atoms with van der Waals surface area (Å²) in [5.41, 5.74) is 4.31. The number of fused-ring (bicyclic) bond motifs is 2. The van der Waals surface area contributed by atoms with Crippen LogP contribution in [0.15, 0.2) is 42.5 Å². The van der Waals surface area contributed by atoms with Gasteiger partial charge >= 0.3 is 0 Å². The number of rotatable bonds is 4. The number of aryl methyl sites for hydroxylation is 1. The van der Waals surface area contributed by atoms with Gasteiger partial charge in [-0.1, -0.05) is 17.7 Å². The summed E-state index contributed by atoms with van der Waals surface area (Å²) in [5, 5.41) is 15.3. The number of hydrogen-bond acceptors (Lipinski definition) is 6. The van der Waals surface area contributed by atoms with E-state index in [1.807, 2.05) is 25.1 Å². The molecule has 1 saturated heterocycles. The van der Waals surface area contributed by atoms with Crippen LogP contribution in [0.2, 0.25) is 5.02 Å².